The summed E-state index contributed by atoms with van der Waals surface area (Å²) in [6, 6.07) is 1.82. The summed E-state index contributed by atoms with van der Waals surface area (Å²) in [7, 11) is 0. The van der Waals surface area contributed by atoms with E-state index in [9.17, 15) is 22.8 Å². The number of aryl methyl sites for hydroxylation is 2. The Morgan fingerprint density at radius 2 is 2.09 bits per heavy atom. The van der Waals surface area contributed by atoms with Crippen LogP contribution in [0.5, 0.6) is 0 Å². The van der Waals surface area contributed by atoms with Crippen molar-refractivity contribution < 1.29 is 22.7 Å². The van der Waals surface area contributed by atoms with Crippen LogP contribution in [0, 0.1) is 25.2 Å². The van der Waals surface area contributed by atoms with Gasteiger partial charge in [0.25, 0.3) is 17.5 Å². The Bertz CT molecular complexity index is 1210. The molecule has 3 heterocycles. The molecular weight excluding hydrogens is 429 g/mol. The number of nitrogens with zero attached hydrogens (tertiary/aromatic N) is 3. The van der Waals surface area contributed by atoms with Crippen molar-refractivity contribution >= 4 is 17.6 Å². The number of nitriles is 1. The van der Waals surface area contributed by atoms with E-state index in [4.69, 9.17) is 15.7 Å². The number of halogens is 3. The topological polar surface area (TPSA) is 146 Å². The quantitative estimate of drug-likeness (QED) is 0.657. The van der Waals surface area contributed by atoms with E-state index in [1.165, 1.54) is 32.2 Å². The van der Waals surface area contributed by atoms with Crippen LogP contribution < -0.4 is 16.6 Å². The summed E-state index contributed by atoms with van der Waals surface area (Å²) < 4.78 is 45.2. The molecule has 2 aromatic rings. The number of nitrogens with one attached hydrogen (secondary N) is 2. The maximum absolute atomic E-state index is 13.3. The fourth-order valence-electron chi connectivity index (χ4n) is 3.42. The van der Waals surface area contributed by atoms with Crippen molar-refractivity contribution in [3.63, 3.8) is 0 Å². The van der Waals surface area contributed by atoms with Gasteiger partial charge >= 0.3 is 6.18 Å². The number of hydrogen-bond donors (Lipinski definition) is 3. The van der Waals surface area contributed by atoms with Crippen molar-refractivity contribution in [1.29, 1.82) is 5.26 Å². The van der Waals surface area contributed by atoms with Crippen LogP contribution in [-0.2, 0) is 10.3 Å². The molecule has 3 rings (SSSR count). The fourth-order valence-corrected chi connectivity index (χ4v) is 3.42. The summed E-state index contributed by atoms with van der Waals surface area (Å²) in [6.07, 6.45) is -4.11. The number of rotatable bonds is 3. The lowest BCUT2D eigenvalue weighted by molar-refractivity contribution is -0.164. The summed E-state index contributed by atoms with van der Waals surface area (Å²) >= 11 is 0. The van der Waals surface area contributed by atoms with Crippen LogP contribution in [0.25, 0.3) is 0 Å². The van der Waals surface area contributed by atoms with Gasteiger partial charge in [-0.25, -0.2) is 9.98 Å². The highest BCUT2D eigenvalue weighted by Crippen LogP contribution is 2.39. The third kappa shape index (κ3) is 4.41. The highest BCUT2D eigenvalue weighted by molar-refractivity contribution is 6.04. The largest absolute Gasteiger partial charge is 0.454 e. The van der Waals surface area contributed by atoms with Crippen molar-refractivity contribution in [3.8, 4) is 6.07 Å². The third-order valence-corrected chi connectivity index (χ3v) is 5.05. The second kappa shape index (κ2) is 7.99. The smallest absolute Gasteiger partial charge is 0.411 e. The number of amidine groups is 1. The molecule has 32 heavy (non-hydrogen) atoms. The molecule has 0 aliphatic carbocycles. The molecule has 0 saturated heterocycles. The number of H-pyrrole nitrogens is 1. The fraction of sp³-hybridized carbons (Fsp3) is 0.350. The van der Waals surface area contributed by atoms with Crippen LogP contribution in [0.15, 0.2) is 28.1 Å². The molecule has 1 aliphatic heterocycles. The van der Waals surface area contributed by atoms with Gasteiger partial charge in [-0.2, -0.15) is 18.4 Å². The molecule has 0 unspecified atom stereocenters. The van der Waals surface area contributed by atoms with Crippen LogP contribution in [0.1, 0.15) is 46.2 Å². The number of anilines is 1. The number of alkyl halides is 3. The van der Waals surface area contributed by atoms with Gasteiger partial charge in [-0.3, -0.25) is 9.59 Å². The average molecular weight is 448 g/mol. The molecule has 0 saturated carbocycles. The van der Waals surface area contributed by atoms with E-state index in [1.54, 1.807) is 6.92 Å². The maximum Gasteiger partial charge on any atom is 0.411 e. The number of carbonyl (C=O) groups excluding carboxylic acids is 1. The maximum atomic E-state index is 13.3. The SMILES string of the molecule is Cc1cc(C#N)cnc1C(=O)Nc1cc([C@]2(C)C[C@@H](C(F)(F)F)N=C(N)O2)c(=O)[nH]c1C. The molecule has 2 atom stereocenters. The van der Waals surface area contributed by atoms with Gasteiger partial charge < -0.3 is 20.8 Å². The van der Waals surface area contributed by atoms with Crippen LogP contribution in [-0.4, -0.2) is 34.1 Å². The standard InChI is InChI=1S/C20H19F3N6O3/c1-9-4-11(7-24)8-26-15(9)17(31)28-13-5-12(16(30)27-10(13)2)19(3)6-14(20(21,22)23)29-18(25)32-19/h4-5,8,14H,6H2,1-3H3,(H2,25,29)(H,27,30)(H,28,31)/t14-,19-/m0/s1. The van der Waals surface area contributed by atoms with Gasteiger partial charge in [0.2, 0.25) is 0 Å². The molecule has 2 aromatic heterocycles. The predicted octanol–water partition coefficient (Wildman–Crippen LogP) is 2.39. The Morgan fingerprint density at radius 3 is 2.69 bits per heavy atom. The van der Waals surface area contributed by atoms with Gasteiger partial charge in [-0.15, -0.1) is 0 Å². The van der Waals surface area contributed by atoms with Gasteiger partial charge in [0.05, 0.1) is 16.8 Å². The van der Waals surface area contributed by atoms with Gasteiger partial charge in [0.15, 0.2) is 6.04 Å². The summed E-state index contributed by atoms with van der Waals surface area (Å²) in [4.78, 5) is 35.1. The highest BCUT2D eigenvalue weighted by Gasteiger charge is 2.49. The van der Waals surface area contributed by atoms with E-state index in [0.29, 0.717) is 5.56 Å². The Kier molecular flexibility index (Phi) is 5.69. The number of pyridine rings is 2. The Morgan fingerprint density at radius 1 is 1.41 bits per heavy atom. The number of aliphatic imine (C=N–C) groups is 1. The van der Waals surface area contributed by atoms with E-state index in [-0.39, 0.29) is 28.2 Å². The molecule has 1 amide bonds. The average Bonchev–Trinajstić information content (AvgIpc) is 2.68. The molecule has 12 heteroatoms. The number of hydrogen-bond acceptors (Lipinski definition) is 7. The van der Waals surface area contributed by atoms with Crippen molar-refractivity contribution in [1.82, 2.24) is 9.97 Å². The van der Waals surface area contributed by atoms with Crippen LogP contribution >= 0.6 is 0 Å². The lowest BCUT2D eigenvalue weighted by Crippen LogP contribution is -2.47. The minimum absolute atomic E-state index is 0.0461. The zero-order valence-corrected chi connectivity index (χ0v) is 17.3. The summed E-state index contributed by atoms with van der Waals surface area (Å²) in [5, 5.41) is 11.5. The second-order valence-electron chi connectivity index (χ2n) is 7.57. The Hall–Kier alpha value is -3.88. The Labute approximate surface area is 180 Å². The summed E-state index contributed by atoms with van der Waals surface area (Å²) in [6.45, 7) is 4.41. The van der Waals surface area contributed by atoms with Gasteiger partial charge in [-0.05, 0) is 38.5 Å². The zero-order chi connectivity index (χ0) is 23.8. The molecule has 0 radical (unpaired) electrons. The van der Waals surface area contributed by atoms with Crippen LogP contribution in [0.3, 0.4) is 0 Å². The number of aromatic nitrogens is 2. The van der Waals surface area contributed by atoms with Gasteiger partial charge in [0.1, 0.15) is 17.4 Å². The van der Waals surface area contributed by atoms with E-state index in [0.717, 1.165) is 0 Å². The lowest BCUT2D eigenvalue weighted by atomic mass is 9.88. The third-order valence-electron chi connectivity index (χ3n) is 5.05. The van der Waals surface area contributed by atoms with Crippen LogP contribution in [0.4, 0.5) is 18.9 Å². The molecule has 4 N–H and O–H groups in total. The predicted molar refractivity (Wildman–Crippen MR) is 108 cm³/mol. The number of carbonyl (C=O) groups is 1. The van der Waals surface area contributed by atoms with Crippen molar-refractivity contribution in [2.75, 3.05) is 5.32 Å². The first-order valence-electron chi connectivity index (χ1n) is 9.35. The molecule has 168 valence electrons. The van der Waals surface area contributed by atoms with Crippen LogP contribution in [0.2, 0.25) is 0 Å². The van der Waals surface area contributed by atoms with Crippen molar-refractivity contribution in [2.45, 2.75) is 45.0 Å². The van der Waals surface area contributed by atoms with Gasteiger partial charge in [0, 0.05) is 18.3 Å². The van der Waals surface area contributed by atoms with Crippen molar-refractivity contribution in [2.24, 2.45) is 10.7 Å². The zero-order valence-electron chi connectivity index (χ0n) is 17.3. The first kappa shape index (κ1) is 22.8. The lowest BCUT2D eigenvalue weighted by Gasteiger charge is -2.36. The van der Waals surface area contributed by atoms with E-state index < -0.39 is 41.7 Å². The van der Waals surface area contributed by atoms with E-state index in [1.807, 2.05) is 6.07 Å². The minimum atomic E-state index is -4.68. The monoisotopic (exact) mass is 448 g/mol. The van der Waals surface area contributed by atoms with Crippen molar-refractivity contribution in [3.05, 3.63) is 56.8 Å². The molecule has 0 bridgehead atoms. The molecule has 0 spiro atoms. The number of ether oxygens (including phenoxy) is 1. The second-order valence-corrected chi connectivity index (χ2v) is 7.57. The first-order valence-corrected chi connectivity index (χ1v) is 9.35. The first-order chi connectivity index (χ1) is 14.8. The Balaban J connectivity index is 1.98. The molecule has 0 aromatic carbocycles. The number of nitrogens with two attached hydrogens (primary N) is 1. The highest BCUT2D eigenvalue weighted by atomic mass is 19.4. The molecule has 1 aliphatic rings. The number of aromatic amines is 1. The summed E-state index contributed by atoms with van der Waals surface area (Å²) in [5.41, 5.74) is 4.06. The molecule has 9 nitrogen and oxygen atoms in total. The van der Waals surface area contributed by atoms with E-state index >= 15 is 0 Å². The normalized spacial score (nSPS) is 20.7. The van der Waals surface area contributed by atoms with Gasteiger partial charge in [-0.1, -0.05) is 0 Å². The number of amides is 1. The minimum Gasteiger partial charge on any atom is -0.454 e. The molecule has 0 fully saturated rings. The molecular formula is C20H19F3N6O3. The summed E-state index contributed by atoms with van der Waals surface area (Å²) in [5.74, 6) is -0.628. The van der Waals surface area contributed by atoms with E-state index in [2.05, 4.69) is 20.3 Å².